The van der Waals surface area contributed by atoms with Gasteiger partial charge in [-0.25, -0.2) is 4.98 Å². The van der Waals surface area contributed by atoms with E-state index in [2.05, 4.69) is 204 Å². The summed E-state index contributed by atoms with van der Waals surface area (Å²) in [7, 11) is 0. The van der Waals surface area contributed by atoms with Gasteiger partial charge < -0.3 is 19.0 Å². The third-order valence-corrected chi connectivity index (χ3v) is 12.2. The molecule has 6 heteroatoms. The van der Waals surface area contributed by atoms with E-state index >= 15 is 0 Å². The van der Waals surface area contributed by atoms with Crippen LogP contribution in [0.4, 0.5) is 22.7 Å². The van der Waals surface area contributed by atoms with E-state index in [9.17, 15) is 0 Å². The fourth-order valence-corrected chi connectivity index (χ4v) is 8.72. The van der Waals surface area contributed by atoms with Crippen LogP contribution in [0.25, 0.3) is 49.6 Å². The van der Waals surface area contributed by atoms with Gasteiger partial charge in [-0.2, -0.15) is 0 Å². The molecule has 1 aliphatic rings. The standard InChI is InChI=1S/C54H52N4O2/c1-52(2,3)34-24-25-55-50(30-34)58-44-18-12-10-16-40(44)41-23-22-38(32-47(41)58)59-39-27-35(53(4,5)6)26-37(31-39)56-33-57(46-20-14-13-19-45(46)56)48-29-36(54(7,8)9)28-43-42-17-11-15-21-49(42)60-51(43)48/h10-32H,33H2,1-9H3. The highest BCUT2D eigenvalue weighted by Gasteiger charge is 2.32. The van der Waals surface area contributed by atoms with Crippen molar-refractivity contribution in [3.63, 3.8) is 0 Å². The fraction of sp³-hybridized carbons (Fsp3) is 0.241. The second-order valence-corrected chi connectivity index (χ2v) is 19.5. The molecule has 0 aliphatic carbocycles. The lowest BCUT2D eigenvalue weighted by atomic mass is 9.85. The van der Waals surface area contributed by atoms with Gasteiger partial charge in [-0.05, 0) is 106 Å². The summed E-state index contributed by atoms with van der Waals surface area (Å²) in [6.07, 6.45) is 1.93. The summed E-state index contributed by atoms with van der Waals surface area (Å²) in [4.78, 5) is 9.72. The molecular weight excluding hydrogens is 737 g/mol. The predicted octanol–water partition coefficient (Wildman–Crippen LogP) is 15.0. The highest BCUT2D eigenvalue weighted by molar-refractivity contribution is 6.11. The van der Waals surface area contributed by atoms with Crippen molar-refractivity contribution in [2.24, 2.45) is 0 Å². The average Bonchev–Trinajstić information content (AvgIpc) is 3.89. The van der Waals surface area contributed by atoms with Crippen molar-refractivity contribution in [3.8, 4) is 17.3 Å². The van der Waals surface area contributed by atoms with Crippen LogP contribution >= 0.6 is 0 Å². The van der Waals surface area contributed by atoms with E-state index in [4.69, 9.17) is 14.1 Å². The Bertz CT molecular complexity index is 3130. The Balaban J connectivity index is 1.08. The number of fused-ring (bicyclic) bond motifs is 7. The van der Waals surface area contributed by atoms with E-state index in [0.717, 1.165) is 78.4 Å². The number of rotatable bonds is 5. The van der Waals surface area contributed by atoms with E-state index in [-0.39, 0.29) is 16.2 Å². The number of aromatic nitrogens is 2. The molecule has 0 radical (unpaired) electrons. The van der Waals surface area contributed by atoms with Gasteiger partial charge in [-0.1, -0.05) is 111 Å². The Kier molecular flexibility index (Phi) is 8.49. The van der Waals surface area contributed by atoms with Gasteiger partial charge in [0, 0.05) is 45.6 Å². The number of benzene rings is 6. The van der Waals surface area contributed by atoms with Gasteiger partial charge in [-0.15, -0.1) is 0 Å². The number of anilines is 4. The molecule has 0 saturated heterocycles. The molecule has 9 aromatic rings. The molecule has 0 saturated carbocycles. The van der Waals surface area contributed by atoms with Crippen LogP contribution in [0.5, 0.6) is 11.5 Å². The summed E-state index contributed by atoms with van der Waals surface area (Å²) in [6.45, 7) is 21.0. The Labute approximate surface area is 352 Å². The number of para-hydroxylation sites is 4. The zero-order valence-electron chi connectivity index (χ0n) is 36.1. The van der Waals surface area contributed by atoms with Crippen LogP contribution in [0, 0.1) is 0 Å². The zero-order valence-corrected chi connectivity index (χ0v) is 36.1. The van der Waals surface area contributed by atoms with E-state index < -0.39 is 0 Å². The lowest BCUT2D eigenvalue weighted by molar-refractivity contribution is 0.479. The Morgan fingerprint density at radius 3 is 1.90 bits per heavy atom. The van der Waals surface area contributed by atoms with Gasteiger partial charge in [0.25, 0.3) is 0 Å². The van der Waals surface area contributed by atoms with Crippen LogP contribution in [0.3, 0.4) is 0 Å². The molecule has 0 fully saturated rings. The van der Waals surface area contributed by atoms with Crippen molar-refractivity contribution in [3.05, 3.63) is 156 Å². The number of pyridine rings is 1. The third-order valence-electron chi connectivity index (χ3n) is 12.2. The molecule has 0 bridgehead atoms. The van der Waals surface area contributed by atoms with Crippen LogP contribution in [0.2, 0.25) is 0 Å². The molecule has 6 nitrogen and oxygen atoms in total. The minimum absolute atomic E-state index is 0.0104. The SMILES string of the molecule is CC(C)(C)c1cc(Oc2ccc3c4ccccc4n(-c4cc(C(C)(C)C)ccn4)c3c2)cc(N2CN(c3cc(C(C)(C)C)cc4c3oc3ccccc34)c3ccccc32)c1. The maximum Gasteiger partial charge on any atom is 0.159 e. The molecule has 10 rings (SSSR count). The lowest BCUT2D eigenvalue weighted by Gasteiger charge is -2.27. The van der Waals surface area contributed by atoms with Crippen LogP contribution < -0.4 is 14.5 Å². The van der Waals surface area contributed by atoms with Gasteiger partial charge in [-0.3, -0.25) is 4.57 Å². The molecule has 4 heterocycles. The summed E-state index contributed by atoms with van der Waals surface area (Å²) in [5.74, 6) is 2.45. The molecule has 0 amide bonds. The quantitative estimate of drug-likeness (QED) is 0.174. The van der Waals surface area contributed by atoms with Crippen LogP contribution in [0.1, 0.15) is 79.0 Å². The molecule has 0 spiro atoms. The van der Waals surface area contributed by atoms with Gasteiger partial charge in [0.05, 0.1) is 28.1 Å². The summed E-state index contributed by atoms with van der Waals surface area (Å²) < 4.78 is 15.9. The Hall–Kier alpha value is -6.53. The second kappa shape index (κ2) is 13.5. The number of ether oxygens (including phenoxy) is 1. The Morgan fingerprint density at radius 2 is 1.15 bits per heavy atom. The number of hydrogen-bond donors (Lipinski definition) is 0. The zero-order chi connectivity index (χ0) is 41.7. The largest absolute Gasteiger partial charge is 0.457 e. The summed E-state index contributed by atoms with van der Waals surface area (Å²) in [5.41, 5.74) is 11.9. The number of furan rings is 1. The number of hydrogen-bond acceptors (Lipinski definition) is 5. The van der Waals surface area contributed by atoms with Crippen molar-refractivity contribution in [2.75, 3.05) is 16.5 Å². The molecule has 0 N–H and O–H groups in total. The number of nitrogens with zero attached hydrogens (tertiary/aromatic N) is 4. The first-order chi connectivity index (χ1) is 28.6. The average molecular weight is 789 g/mol. The predicted molar refractivity (Wildman–Crippen MR) is 250 cm³/mol. The lowest BCUT2D eigenvalue weighted by Crippen LogP contribution is -2.25. The van der Waals surface area contributed by atoms with Crippen LogP contribution in [-0.4, -0.2) is 16.2 Å². The van der Waals surface area contributed by atoms with Crippen molar-refractivity contribution >= 4 is 66.5 Å². The molecule has 1 aliphatic heterocycles. The Morgan fingerprint density at radius 1 is 0.500 bits per heavy atom. The topological polar surface area (TPSA) is 46.7 Å². The van der Waals surface area contributed by atoms with E-state index in [1.807, 2.05) is 12.3 Å². The second-order valence-electron chi connectivity index (χ2n) is 19.5. The summed E-state index contributed by atoms with van der Waals surface area (Å²) in [5, 5.41) is 4.62. The summed E-state index contributed by atoms with van der Waals surface area (Å²) >= 11 is 0. The smallest absolute Gasteiger partial charge is 0.159 e. The highest BCUT2D eigenvalue weighted by atomic mass is 16.5. The molecule has 300 valence electrons. The van der Waals surface area contributed by atoms with E-state index in [0.29, 0.717) is 6.67 Å². The van der Waals surface area contributed by atoms with Gasteiger partial charge in [0.1, 0.15) is 29.6 Å². The van der Waals surface area contributed by atoms with Crippen molar-refractivity contribution in [1.82, 2.24) is 9.55 Å². The minimum atomic E-state index is -0.130. The first-order valence-corrected chi connectivity index (χ1v) is 21.1. The maximum atomic E-state index is 6.94. The third kappa shape index (κ3) is 6.37. The van der Waals surface area contributed by atoms with Crippen molar-refractivity contribution < 1.29 is 9.15 Å². The van der Waals surface area contributed by atoms with Gasteiger partial charge in [0.15, 0.2) is 5.58 Å². The van der Waals surface area contributed by atoms with E-state index in [1.165, 1.54) is 22.1 Å². The van der Waals surface area contributed by atoms with Crippen LogP contribution in [-0.2, 0) is 16.2 Å². The summed E-state index contributed by atoms with van der Waals surface area (Å²) in [6, 6.07) is 47.8. The van der Waals surface area contributed by atoms with Crippen molar-refractivity contribution in [1.29, 1.82) is 0 Å². The van der Waals surface area contributed by atoms with E-state index in [1.54, 1.807) is 0 Å². The monoisotopic (exact) mass is 788 g/mol. The normalized spacial score (nSPS) is 13.6. The highest BCUT2D eigenvalue weighted by Crippen LogP contribution is 2.49. The molecule has 0 atom stereocenters. The molecular formula is C54H52N4O2. The van der Waals surface area contributed by atoms with Crippen molar-refractivity contribution in [2.45, 2.75) is 78.6 Å². The maximum absolute atomic E-state index is 6.94. The van der Waals surface area contributed by atoms with Gasteiger partial charge in [0.2, 0.25) is 0 Å². The van der Waals surface area contributed by atoms with Crippen LogP contribution in [0.15, 0.2) is 144 Å². The fourth-order valence-electron chi connectivity index (χ4n) is 8.72. The molecule has 60 heavy (non-hydrogen) atoms. The molecule has 6 aromatic carbocycles. The molecule has 0 unspecified atom stereocenters. The van der Waals surface area contributed by atoms with Gasteiger partial charge >= 0.3 is 0 Å². The first-order valence-electron chi connectivity index (χ1n) is 21.1. The minimum Gasteiger partial charge on any atom is -0.457 e. The molecule has 3 aromatic heterocycles. The first kappa shape index (κ1) is 37.7.